The van der Waals surface area contributed by atoms with E-state index in [-0.39, 0.29) is 54.3 Å². The average Bonchev–Trinajstić information content (AvgIpc) is 2.92. The number of nitrogens with zero attached hydrogens (tertiary/aromatic N) is 2. The molecule has 2 aliphatic heterocycles. The maximum absolute atomic E-state index is 15.1. The first kappa shape index (κ1) is 27.1. The minimum atomic E-state index is -0.860. The van der Waals surface area contributed by atoms with Crippen LogP contribution in [0, 0.1) is 23.4 Å². The second-order valence-electron chi connectivity index (χ2n) is 9.79. The van der Waals surface area contributed by atoms with Gasteiger partial charge in [-0.15, -0.1) is 0 Å². The van der Waals surface area contributed by atoms with E-state index in [9.17, 15) is 18.7 Å². The number of benzene rings is 3. The number of methoxy groups -OCH3 is 1. The number of halogens is 4. The molecule has 2 atom stereocenters. The Hall–Kier alpha value is -3.43. The van der Waals surface area contributed by atoms with Crippen molar-refractivity contribution in [2.45, 2.75) is 31.9 Å². The molecule has 5 rings (SSSR count). The lowest BCUT2D eigenvalue weighted by atomic mass is 9.94. The van der Waals surface area contributed by atoms with Gasteiger partial charge in [0.1, 0.15) is 29.0 Å². The number of hydrogen-bond donors (Lipinski definition) is 1. The number of amides is 1. The zero-order chi connectivity index (χ0) is 27.7. The lowest BCUT2D eigenvalue weighted by Crippen LogP contribution is -2.46. The van der Waals surface area contributed by atoms with Crippen LogP contribution in [-0.4, -0.2) is 43.9 Å². The van der Waals surface area contributed by atoms with Crippen LogP contribution in [0.5, 0.6) is 11.5 Å². The number of anilines is 2. The summed E-state index contributed by atoms with van der Waals surface area (Å²) in [6, 6.07) is 12.0. The number of carbonyl (C=O) groups is 1. The van der Waals surface area contributed by atoms with Gasteiger partial charge < -0.3 is 24.4 Å². The van der Waals surface area contributed by atoms with Gasteiger partial charge in [-0.3, -0.25) is 4.79 Å². The Balaban J connectivity index is 1.29. The molecule has 0 saturated carbocycles. The lowest BCUT2D eigenvalue weighted by Gasteiger charge is -2.37. The van der Waals surface area contributed by atoms with Gasteiger partial charge in [-0.05, 0) is 48.7 Å². The van der Waals surface area contributed by atoms with Gasteiger partial charge in [-0.25, -0.2) is 13.2 Å². The van der Waals surface area contributed by atoms with E-state index in [4.69, 9.17) is 21.1 Å². The normalized spacial score (nSPS) is 19.2. The van der Waals surface area contributed by atoms with Gasteiger partial charge in [0.25, 0.3) is 0 Å². The van der Waals surface area contributed by atoms with Crippen LogP contribution in [0.4, 0.5) is 24.5 Å². The Morgan fingerprint density at radius 2 is 1.79 bits per heavy atom. The summed E-state index contributed by atoms with van der Waals surface area (Å²) in [6.45, 7) is 0.832. The molecule has 2 unspecified atom stereocenters. The Labute approximate surface area is 229 Å². The Morgan fingerprint density at radius 1 is 1.03 bits per heavy atom. The van der Waals surface area contributed by atoms with Crippen molar-refractivity contribution < 1.29 is 32.5 Å². The summed E-state index contributed by atoms with van der Waals surface area (Å²) in [6.07, 6.45) is 0.160. The van der Waals surface area contributed by atoms with Crippen LogP contribution in [0.3, 0.4) is 0 Å². The molecule has 10 heteroatoms. The van der Waals surface area contributed by atoms with E-state index in [0.717, 1.165) is 17.7 Å². The maximum Gasteiger partial charge on any atom is 0.227 e. The van der Waals surface area contributed by atoms with E-state index in [1.54, 1.807) is 30.2 Å². The number of β-amino-alcohol motifs (C(OH)–C–C–N with tert-alkyl or cyclic N) is 1. The fourth-order valence-corrected chi connectivity index (χ4v) is 5.33. The molecule has 0 radical (unpaired) electrons. The number of aliphatic hydroxyl groups excluding tert-OH is 1. The van der Waals surface area contributed by atoms with Crippen LogP contribution in [0.1, 0.15) is 24.0 Å². The van der Waals surface area contributed by atoms with Crippen molar-refractivity contribution in [3.63, 3.8) is 0 Å². The van der Waals surface area contributed by atoms with E-state index in [0.29, 0.717) is 36.4 Å². The molecule has 1 amide bonds. The van der Waals surface area contributed by atoms with Crippen molar-refractivity contribution in [1.82, 2.24) is 0 Å². The van der Waals surface area contributed by atoms with E-state index in [2.05, 4.69) is 0 Å². The van der Waals surface area contributed by atoms with E-state index < -0.39 is 23.6 Å². The number of hydrogen-bond acceptors (Lipinski definition) is 5. The van der Waals surface area contributed by atoms with Crippen molar-refractivity contribution in [2.24, 2.45) is 5.92 Å². The third-order valence-corrected chi connectivity index (χ3v) is 7.64. The summed E-state index contributed by atoms with van der Waals surface area (Å²) in [7, 11) is 1.57. The monoisotopic (exact) mass is 560 g/mol. The van der Waals surface area contributed by atoms with Crippen LogP contribution in [0.25, 0.3) is 0 Å². The van der Waals surface area contributed by atoms with Gasteiger partial charge in [-0.2, -0.15) is 0 Å². The van der Waals surface area contributed by atoms with E-state index in [1.165, 1.54) is 11.0 Å². The molecule has 0 aliphatic carbocycles. The van der Waals surface area contributed by atoms with Gasteiger partial charge >= 0.3 is 0 Å². The second kappa shape index (κ2) is 11.4. The average molecular weight is 561 g/mol. The summed E-state index contributed by atoms with van der Waals surface area (Å²) < 4.78 is 54.6. The third kappa shape index (κ3) is 5.65. The van der Waals surface area contributed by atoms with Crippen molar-refractivity contribution in [3.8, 4) is 11.5 Å². The summed E-state index contributed by atoms with van der Waals surface area (Å²) in [5.41, 5.74) is 1.68. The predicted octanol–water partition coefficient (Wildman–Crippen LogP) is 5.51. The first-order valence-corrected chi connectivity index (χ1v) is 13.1. The summed E-state index contributed by atoms with van der Waals surface area (Å²) in [5, 5.41) is 10.5. The molecule has 3 aromatic rings. The van der Waals surface area contributed by atoms with Crippen molar-refractivity contribution >= 4 is 28.9 Å². The summed E-state index contributed by atoms with van der Waals surface area (Å²) in [4.78, 5) is 15.8. The number of piperidine rings is 1. The summed E-state index contributed by atoms with van der Waals surface area (Å²) in [5.74, 6) is -1.21. The third-order valence-electron chi connectivity index (χ3n) is 7.35. The Morgan fingerprint density at radius 3 is 2.51 bits per heavy atom. The number of fused-ring (bicyclic) bond motifs is 1. The molecule has 1 saturated heterocycles. The van der Waals surface area contributed by atoms with Crippen LogP contribution < -0.4 is 19.3 Å². The standard InChI is InChI=1S/C29H28ClF3N2O4/c1-38-19-4-2-17(3-5-19)14-35-28(37)9-6-20-27(8-7-22(31)29(20)35)39-16-18-10-11-34(15-26(18)36)25-13-23(32)21(30)12-24(25)33/h2-5,7-8,12-13,18,26,36H,6,9-11,14-16H2,1H3. The lowest BCUT2D eigenvalue weighted by molar-refractivity contribution is -0.119. The number of rotatable bonds is 7. The quantitative estimate of drug-likeness (QED) is 0.386. The molecular weight excluding hydrogens is 533 g/mol. The maximum atomic E-state index is 15.1. The fourth-order valence-electron chi connectivity index (χ4n) is 5.17. The molecule has 2 heterocycles. The predicted molar refractivity (Wildman–Crippen MR) is 142 cm³/mol. The van der Waals surface area contributed by atoms with Gasteiger partial charge in [0.05, 0.1) is 42.8 Å². The van der Waals surface area contributed by atoms with Crippen molar-refractivity contribution in [2.75, 3.05) is 36.6 Å². The molecule has 0 aromatic heterocycles. The highest BCUT2D eigenvalue weighted by Crippen LogP contribution is 2.39. The van der Waals surface area contributed by atoms with Gasteiger partial charge in [0, 0.05) is 37.1 Å². The molecule has 1 N–H and O–H groups in total. The minimum Gasteiger partial charge on any atom is -0.497 e. The van der Waals surface area contributed by atoms with Gasteiger partial charge in [-0.1, -0.05) is 23.7 Å². The highest BCUT2D eigenvalue weighted by atomic mass is 35.5. The molecule has 3 aromatic carbocycles. The smallest absolute Gasteiger partial charge is 0.227 e. The van der Waals surface area contributed by atoms with Crippen molar-refractivity contribution in [3.05, 3.63) is 82.1 Å². The molecule has 39 heavy (non-hydrogen) atoms. The minimum absolute atomic E-state index is 0.0459. The van der Waals surface area contributed by atoms with Crippen LogP contribution in [0.15, 0.2) is 48.5 Å². The first-order chi connectivity index (χ1) is 18.7. The molecule has 2 aliphatic rings. The molecule has 0 spiro atoms. The highest BCUT2D eigenvalue weighted by molar-refractivity contribution is 6.30. The first-order valence-electron chi connectivity index (χ1n) is 12.7. The molecule has 206 valence electrons. The Bertz CT molecular complexity index is 1370. The Kier molecular flexibility index (Phi) is 7.91. The molecule has 6 nitrogen and oxygen atoms in total. The SMILES string of the molecule is COc1ccc(CN2C(=O)CCc3c(OCC4CCN(c5cc(F)c(Cl)cc5F)CC4O)ccc(F)c32)cc1. The second-order valence-corrected chi connectivity index (χ2v) is 10.2. The molecule has 1 fully saturated rings. The number of ether oxygens (including phenoxy) is 2. The van der Waals surface area contributed by atoms with Crippen LogP contribution in [-0.2, 0) is 17.8 Å². The number of carbonyl (C=O) groups excluding carboxylic acids is 1. The largest absolute Gasteiger partial charge is 0.497 e. The van der Waals surface area contributed by atoms with Crippen LogP contribution in [0.2, 0.25) is 5.02 Å². The fraction of sp³-hybridized carbons (Fsp3) is 0.345. The van der Waals surface area contributed by atoms with Crippen LogP contribution >= 0.6 is 11.6 Å². The molecular formula is C29H28ClF3N2O4. The van der Waals surface area contributed by atoms with E-state index in [1.807, 2.05) is 12.1 Å². The van der Waals surface area contributed by atoms with Gasteiger partial charge in [0.2, 0.25) is 5.91 Å². The zero-order valence-electron chi connectivity index (χ0n) is 21.3. The highest BCUT2D eigenvalue weighted by Gasteiger charge is 2.32. The molecule has 0 bridgehead atoms. The van der Waals surface area contributed by atoms with E-state index >= 15 is 4.39 Å². The zero-order valence-corrected chi connectivity index (χ0v) is 22.1. The number of aliphatic hydroxyl groups is 1. The van der Waals surface area contributed by atoms with Gasteiger partial charge in [0.15, 0.2) is 0 Å². The van der Waals surface area contributed by atoms with Crippen molar-refractivity contribution in [1.29, 1.82) is 0 Å². The topological polar surface area (TPSA) is 62.2 Å². The summed E-state index contributed by atoms with van der Waals surface area (Å²) >= 11 is 5.66.